The van der Waals surface area contributed by atoms with Gasteiger partial charge in [-0.2, -0.15) is 0 Å². The van der Waals surface area contributed by atoms with Gasteiger partial charge in [0.2, 0.25) is 5.90 Å². The molecular formula is C22H21NO2. The van der Waals surface area contributed by atoms with E-state index in [1.165, 1.54) is 5.39 Å². The van der Waals surface area contributed by atoms with E-state index in [4.69, 9.17) is 4.74 Å². The Hall–Kier alpha value is -2.65. The van der Waals surface area contributed by atoms with E-state index in [0.29, 0.717) is 12.5 Å². The first kappa shape index (κ1) is 15.9. The van der Waals surface area contributed by atoms with E-state index < -0.39 is 6.10 Å². The molecule has 3 nitrogen and oxygen atoms in total. The van der Waals surface area contributed by atoms with Crippen molar-refractivity contribution in [1.29, 1.82) is 0 Å². The molecule has 0 amide bonds. The van der Waals surface area contributed by atoms with Crippen molar-refractivity contribution in [3.63, 3.8) is 0 Å². The molecular weight excluding hydrogens is 310 g/mol. The number of hydrogen-bond donors (Lipinski definition) is 1. The molecule has 1 aliphatic heterocycles. The number of ether oxygens (including phenoxy) is 1. The van der Waals surface area contributed by atoms with Gasteiger partial charge >= 0.3 is 0 Å². The lowest BCUT2D eigenvalue weighted by Gasteiger charge is -2.13. The van der Waals surface area contributed by atoms with Gasteiger partial charge in [-0.25, -0.2) is 4.99 Å². The average Bonchev–Trinajstić information content (AvgIpc) is 3.01. The molecule has 4 rings (SSSR count). The van der Waals surface area contributed by atoms with Crippen molar-refractivity contribution in [2.75, 3.05) is 6.61 Å². The predicted octanol–water partition coefficient (Wildman–Crippen LogP) is 4.48. The molecule has 0 bridgehead atoms. The molecule has 3 aromatic carbocycles. The van der Waals surface area contributed by atoms with Gasteiger partial charge in [0.15, 0.2) is 0 Å². The number of aliphatic hydroxyl groups is 1. The molecule has 1 atom stereocenters. The maximum atomic E-state index is 10.7. The van der Waals surface area contributed by atoms with Crippen LogP contribution in [-0.2, 0) is 4.74 Å². The maximum absolute atomic E-state index is 10.7. The van der Waals surface area contributed by atoms with Crippen molar-refractivity contribution in [2.24, 2.45) is 4.99 Å². The van der Waals surface area contributed by atoms with Gasteiger partial charge in [0, 0.05) is 5.56 Å². The lowest BCUT2D eigenvalue weighted by atomic mass is 9.98. The fraction of sp³-hybridized carbons (Fsp3) is 0.227. The van der Waals surface area contributed by atoms with Crippen LogP contribution in [0.25, 0.3) is 10.8 Å². The van der Waals surface area contributed by atoms with E-state index in [9.17, 15) is 5.11 Å². The predicted molar refractivity (Wildman–Crippen MR) is 101 cm³/mol. The monoisotopic (exact) mass is 331 g/mol. The second-order valence-corrected chi connectivity index (χ2v) is 7.15. The number of benzene rings is 3. The van der Waals surface area contributed by atoms with Gasteiger partial charge in [0.05, 0.1) is 5.54 Å². The maximum Gasteiger partial charge on any atom is 0.216 e. The Bertz CT molecular complexity index is 942. The molecule has 0 aliphatic carbocycles. The second-order valence-electron chi connectivity index (χ2n) is 7.15. The van der Waals surface area contributed by atoms with Crippen LogP contribution in [0.2, 0.25) is 0 Å². The highest BCUT2D eigenvalue weighted by molar-refractivity contribution is 5.95. The van der Waals surface area contributed by atoms with Crippen molar-refractivity contribution in [2.45, 2.75) is 25.5 Å². The lowest BCUT2D eigenvalue weighted by molar-refractivity contribution is 0.220. The van der Waals surface area contributed by atoms with Crippen molar-refractivity contribution in [3.8, 4) is 0 Å². The molecule has 126 valence electrons. The Morgan fingerprint density at radius 1 is 0.920 bits per heavy atom. The summed E-state index contributed by atoms with van der Waals surface area (Å²) in [6, 6.07) is 22.0. The summed E-state index contributed by atoms with van der Waals surface area (Å²) >= 11 is 0. The van der Waals surface area contributed by atoms with E-state index in [1.807, 2.05) is 54.6 Å². The van der Waals surface area contributed by atoms with Gasteiger partial charge in [0.25, 0.3) is 0 Å². The van der Waals surface area contributed by atoms with Gasteiger partial charge in [-0.05, 0) is 53.9 Å². The Kier molecular flexibility index (Phi) is 3.81. The fourth-order valence-electron chi connectivity index (χ4n) is 3.11. The Balaban J connectivity index is 1.60. The molecule has 0 radical (unpaired) electrons. The van der Waals surface area contributed by atoms with E-state index in [2.05, 4.69) is 31.0 Å². The quantitative estimate of drug-likeness (QED) is 0.769. The Morgan fingerprint density at radius 2 is 1.60 bits per heavy atom. The summed E-state index contributed by atoms with van der Waals surface area (Å²) < 4.78 is 5.67. The summed E-state index contributed by atoms with van der Waals surface area (Å²) in [6.07, 6.45) is -0.651. The van der Waals surface area contributed by atoms with Crippen LogP contribution in [-0.4, -0.2) is 23.2 Å². The largest absolute Gasteiger partial charge is 0.475 e. The number of aliphatic hydroxyl groups excluding tert-OH is 1. The van der Waals surface area contributed by atoms with Crippen LogP contribution in [0.3, 0.4) is 0 Å². The molecule has 3 aromatic rings. The summed E-state index contributed by atoms with van der Waals surface area (Å²) in [4.78, 5) is 4.59. The van der Waals surface area contributed by atoms with Gasteiger partial charge in [-0.15, -0.1) is 0 Å². The minimum atomic E-state index is -0.651. The molecule has 25 heavy (non-hydrogen) atoms. The van der Waals surface area contributed by atoms with Crippen LogP contribution in [0, 0.1) is 0 Å². The molecule has 1 heterocycles. The molecule has 0 spiro atoms. The van der Waals surface area contributed by atoms with Gasteiger partial charge < -0.3 is 9.84 Å². The third-order valence-corrected chi connectivity index (χ3v) is 4.53. The topological polar surface area (TPSA) is 41.8 Å². The van der Waals surface area contributed by atoms with Crippen molar-refractivity contribution in [1.82, 2.24) is 0 Å². The third-order valence-electron chi connectivity index (χ3n) is 4.53. The van der Waals surface area contributed by atoms with Crippen LogP contribution < -0.4 is 0 Å². The molecule has 0 saturated heterocycles. The number of aliphatic imine (C=N–C) groups is 1. The third kappa shape index (κ3) is 3.15. The zero-order valence-corrected chi connectivity index (χ0v) is 14.4. The normalized spacial score (nSPS) is 17.2. The molecule has 3 heteroatoms. The molecule has 0 fully saturated rings. The summed E-state index contributed by atoms with van der Waals surface area (Å²) in [6.45, 7) is 4.71. The second kappa shape index (κ2) is 6.01. The Morgan fingerprint density at radius 3 is 2.28 bits per heavy atom. The molecule has 1 unspecified atom stereocenters. The highest BCUT2D eigenvalue weighted by Crippen LogP contribution is 2.27. The first-order chi connectivity index (χ1) is 12.0. The van der Waals surface area contributed by atoms with E-state index in [1.54, 1.807) is 0 Å². The van der Waals surface area contributed by atoms with Crippen LogP contribution in [0.1, 0.15) is 36.6 Å². The number of fused-ring (bicyclic) bond motifs is 1. The van der Waals surface area contributed by atoms with Crippen molar-refractivity contribution < 1.29 is 9.84 Å². The highest BCUT2D eigenvalue weighted by Gasteiger charge is 2.27. The van der Waals surface area contributed by atoms with Crippen LogP contribution in [0.15, 0.2) is 71.7 Å². The number of nitrogens with zero attached hydrogens (tertiary/aromatic N) is 1. The van der Waals surface area contributed by atoms with Crippen molar-refractivity contribution >= 4 is 16.7 Å². The Labute approximate surface area is 147 Å². The summed E-state index contributed by atoms with van der Waals surface area (Å²) in [5.74, 6) is 0.678. The van der Waals surface area contributed by atoms with Crippen LogP contribution >= 0.6 is 0 Å². The molecule has 1 aliphatic rings. The first-order valence-corrected chi connectivity index (χ1v) is 8.52. The van der Waals surface area contributed by atoms with Crippen LogP contribution in [0.4, 0.5) is 0 Å². The summed E-state index contributed by atoms with van der Waals surface area (Å²) in [5.41, 5.74) is 2.53. The fourth-order valence-corrected chi connectivity index (χ4v) is 3.11. The zero-order chi connectivity index (χ0) is 17.4. The summed E-state index contributed by atoms with van der Waals surface area (Å²) in [7, 11) is 0. The number of hydrogen-bond acceptors (Lipinski definition) is 3. The smallest absolute Gasteiger partial charge is 0.216 e. The average molecular weight is 331 g/mol. The minimum absolute atomic E-state index is 0.168. The molecule has 0 aromatic heterocycles. The van der Waals surface area contributed by atoms with Gasteiger partial charge in [0.1, 0.15) is 12.7 Å². The van der Waals surface area contributed by atoms with Gasteiger partial charge in [-0.3, -0.25) is 0 Å². The SMILES string of the molecule is CC1(C)COC(c2ccc(C(O)c3ccc4ccccc4c3)cc2)=N1. The highest BCUT2D eigenvalue weighted by atomic mass is 16.5. The zero-order valence-electron chi connectivity index (χ0n) is 14.4. The molecule has 1 N–H and O–H groups in total. The van der Waals surface area contributed by atoms with E-state index >= 15 is 0 Å². The van der Waals surface area contributed by atoms with E-state index in [0.717, 1.165) is 22.1 Å². The van der Waals surface area contributed by atoms with Crippen LogP contribution in [0.5, 0.6) is 0 Å². The van der Waals surface area contributed by atoms with E-state index in [-0.39, 0.29) is 5.54 Å². The number of rotatable bonds is 3. The summed E-state index contributed by atoms with van der Waals surface area (Å²) in [5, 5.41) is 13.0. The first-order valence-electron chi connectivity index (χ1n) is 8.52. The van der Waals surface area contributed by atoms with Gasteiger partial charge in [-0.1, -0.05) is 48.5 Å². The lowest BCUT2D eigenvalue weighted by Crippen LogP contribution is -2.17. The minimum Gasteiger partial charge on any atom is -0.475 e. The standard InChI is InChI=1S/C22H21NO2/c1-22(2)14-25-21(23-22)17-10-8-16(9-11-17)20(24)19-12-7-15-5-3-4-6-18(15)13-19/h3-13,20,24H,14H2,1-2H3. The van der Waals surface area contributed by atoms with Crippen molar-refractivity contribution in [3.05, 3.63) is 83.4 Å². The molecule has 0 saturated carbocycles.